The average molecular weight is 566 g/mol. The number of nitriles is 1. The molecule has 0 unspecified atom stereocenters. The summed E-state index contributed by atoms with van der Waals surface area (Å²) in [5, 5.41) is 25.6. The number of carboxylic acids is 1. The van der Waals surface area contributed by atoms with Crippen molar-refractivity contribution in [2.45, 2.75) is 76.0 Å². The third-order valence-electron chi connectivity index (χ3n) is 7.91. The highest BCUT2D eigenvalue weighted by Crippen LogP contribution is 2.33. The molecule has 6 nitrogen and oxygen atoms in total. The number of hydrogen-bond donors (Lipinski definition) is 3. The molecule has 1 fully saturated rings. The first-order valence-corrected chi connectivity index (χ1v) is 14.0. The fourth-order valence-corrected chi connectivity index (χ4v) is 5.87. The van der Waals surface area contributed by atoms with Gasteiger partial charge in [-0.25, -0.2) is 4.79 Å². The maximum Gasteiger partial charge on any atom is 0.490 e. The number of nitrogens with zero attached hydrogens (tertiary/aromatic N) is 1. The van der Waals surface area contributed by atoms with Crippen LogP contribution in [0.3, 0.4) is 0 Å². The fraction of sp³-hybridized carbons (Fsp3) is 0.406. The summed E-state index contributed by atoms with van der Waals surface area (Å²) in [6, 6.07) is 22.4. The van der Waals surface area contributed by atoms with Crippen molar-refractivity contribution in [2.75, 3.05) is 5.32 Å². The topological polar surface area (TPSA) is 102 Å². The van der Waals surface area contributed by atoms with Gasteiger partial charge in [0.15, 0.2) is 0 Å². The third-order valence-corrected chi connectivity index (χ3v) is 7.91. The molecule has 1 amide bonds. The summed E-state index contributed by atoms with van der Waals surface area (Å²) >= 11 is 0. The highest BCUT2D eigenvalue weighted by Gasteiger charge is 2.38. The lowest BCUT2D eigenvalue weighted by Gasteiger charge is -2.31. The second-order valence-corrected chi connectivity index (χ2v) is 10.7. The number of carbonyl (C=O) groups is 2. The van der Waals surface area contributed by atoms with Gasteiger partial charge in [-0.2, -0.15) is 18.4 Å². The summed E-state index contributed by atoms with van der Waals surface area (Å²) in [6.07, 6.45) is 5.15. The van der Waals surface area contributed by atoms with Crippen LogP contribution in [0.4, 0.5) is 18.9 Å². The van der Waals surface area contributed by atoms with Gasteiger partial charge in [0.2, 0.25) is 5.91 Å². The zero-order valence-electron chi connectivity index (χ0n) is 22.7. The molecule has 3 aromatic carbocycles. The van der Waals surface area contributed by atoms with Gasteiger partial charge in [0.25, 0.3) is 0 Å². The smallest absolute Gasteiger partial charge is 0.475 e. The zero-order valence-corrected chi connectivity index (χ0v) is 22.7. The second-order valence-electron chi connectivity index (χ2n) is 10.7. The number of benzene rings is 3. The van der Waals surface area contributed by atoms with E-state index in [0.29, 0.717) is 11.5 Å². The molecular formula is C32H34F3N3O3. The summed E-state index contributed by atoms with van der Waals surface area (Å²) in [4.78, 5) is 22.6. The van der Waals surface area contributed by atoms with Crippen molar-refractivity contribution in [3.05, 3.63) is 77.4 Å². The van der Waals surface area contributed by atoms with Gasteiger partial charge in [-0.3, -0.25) is 4.79 Å². The number of halogens is 3. The van der Waals surface area contributed by atoms with E-state index in [4.69, 9.17) is 9.90 Å². The van der Waals surface area contributed by atoms with Crippen molar-refractivity contribution < 1.29 is 27.9 Å². The Kier molecular flexibility index (Phi) is 9.87. The van der Waals surface area contributed by atoms with E-state index in [0.717, 1.165) is 42.1 Å². The predicted octanol–water partition coefficient (Wildman–Crippen LogP) is 7.29. The molecule has 0 heterocycles. The lowest BCUT2D eigenvalue weighted by molar-refractivity contribution is -0.192. The number of carbonyl (C=O) groups excluding carboxylic acids is 1. The van der Waals surface area contributed by atoms with Crippen LogP contribution in [-0.2, 0) is 16.0 Å². The molecule has 2 aliphatic rings. The average Bonchev–Trinajstić information content (AvgIpc) is 2.97. The van der Waals surface area contributed by atoms with Crippen LogP contribution in [0, 0.1) is 17.2 Å². The second kappa shape index (κ2) is 13.5. The van der Waals surface area contributed by atoms with E-state index >= 15 is 0 Å². The standard InChI is InChI=1S/C30H33N3O.C2HF3O2/c31-20-23-17-18-28(26-15-7-6-13-24(23)26)32-29(19-21-9-2-1-3-10-21)30(34)33-27-16-8-12-22-11-4-5-14-25(22)27;3-2(4,5)1(6)7/h4-7,11,13-15,17-18,21,27,29,32H,1-3,8-10,12,16,19H2,(H,33,34);(H,6,7)/t27-,29+;/m1./s1. The Morgan fingerprint density at radius 2 is 1.59 bits per heavy atom. The fourth-order valence-electron chi connectivity index (χ4n) is 5.87. The van der Waals surface area contributed by atoms with Crippen LogP contribution < -0.4 is 10.6 Å². The normalized spacial score (nSPS) is 17.8. The number of rotatable bonds is 6. The van der Waals surface area contributed by atoms with E-state index in [9.17, 15) is 23.2 Å². The highest BCUT2D eigenvalue weighted by molar-refractivity contribution is 5.99. The van der Waals surface area contributed by atoms with Crippen LogP contribution in [0.5, 0.6) is 0 Å². The molecule has 41 heavy (non-hydrogen) atoms. The zero-order chi connectivity index (χ0) is 29.4. The van der Waals surface area contributed by atoms with Gasteiger partial charge >= 0.3 is 12.1 Å². The van der Waals surface area contributed by atoms with Crippen LogP contribution >= 0.6 is 0 Å². The van der Waals surface area contributed by atoms with Crippen LogP contribution in [0.25, 0.3) is 10.8 Å². The summed E-state index contributed by atoms with van der Waals surface area (Å²) in [5.74, 6) is -2.10. The summed E-state index contributed by atoms with van der Waals surface area (Å²) in [6.45, 7) is 0. The molecule has 0 bridgehead atoms. The molecule has 0 aromatic heterocycles. The maximum atomic E-state index is 13.7. The van der Waals surface area contributed by atoms with E-state index in [1.807, 2.05) is 36.4 Å². The van der Waals surface area contributed by atoms with Crippen molar-refractivity contribution in [1.29, 1.82) is 5.26 Å². The lowest BCUT2D eigenvalue weighted by atomic mass is 9.84. The maximum absolute atomic E-state index is 13.7. The Morgan fingerprint density at radius 1 is 0.927 bits per heavy atom. The monoisotopic (exact) mass is 565 g/mol. The minimum Gasteiger partial charge on any atom is -0.475 e. The highest BCUT2D eigenvalue weighted by atomic mass is 19.4. The van der Waals surface area contributed by atoms with Crippen molar-refractivity contribution in [2.24, 2.45) is 5.92 Å². The molecule has 0 spiro atoms. The third kappa shape index (κ3) is 7.78. The molecule has 3 aromatic rings. The number of carboxylic acid groups (broad SMARTS) is 1. The molecule has 9 heteroatoms. The molecule has 2 atom stereocenters. The number of aliphatic carboxylic acids is 1. The molecule has 0 radical (unpaired) electrons. The minimum atomic E-state index is -5.08. The SMILES string of the molecule is N#Cc1ccc(N[C@@H](CC2CCCCC2)C(=O)N[C@@H]2CCCc3ccccc32)c2ccccc12.O=C(O)C(F)(F)F. The largest absolute Gasteiger partial charge is 0.490 e. The summed E-state index contributed by atoms with van der Waals surface area (Å²) in [5.41, 5.74) is 4.21. The molecular weight excluding hydrogens is 531 g/mol. The van der Waals surface area contributed by atoms with Crippen LogP contribution in [-0.4, -0.2) is 29.2 Å². The Hall–Kier alpha value is -4.06. The lowest BCUT2D eigenvalue weighted by Crippen LogP contribution is -2.43. The number of alkyl halides is 3. The van der Waals surface area contributed by atoms with E-state index in [2.05, 4.69) is 41.0 Å². The van der Waals surface area contributed by atoms with Gasteiger partial charge in [0.1, 0.15) is 6.04 Å². The summed E-state index contributed by atoms with van der Waals surface area (Å²) in [7, 11) is 0. The van der Waals surface area contributed by atoms with E-state index in [-0.39, 0.29) is 18.0 Å². The molecule has 1 saturated carbocycles. The van der Waals surface area contributed by atoms with Gasteiger partial charge < -0.3 is 15.7 Å². The van der Waals surface area contributed by atoms with Crippen molar-refractivity contribution >= 4 is 28.3 Å². The van der Waals surface area contributed by atoms with Crippen molar-refractivity contribution in [3.8, 4) is 6.07 Å². The number of nitrogens with one attached hydrogen (secondary N) is 2. The number of fused-ring (bicyclic) bond motifs is 2. The first kappa shape index (κ1) is 29.9. The number of amides is 1. The van der Waals surface area contributed by atoms with Gasteiger partial charge in [-0.05, 0) is 54.9 Å². The first-order chi connectivity index (χ1) is 19.7. The molecule has 0 saturated heterocycles. The van der Waals surface area contributed by atoms with E-state index in [1.165, 1.54) is 43.2 Å². The first-order valence-electron chi connectivity index (χ1n) is 14.0. The van der Waals surface area contributed by atoms with Crippen molar-refractivity contribution in [3.63, 3.8) is 0 Å². The Balaban J connectivity index is 0.000000493. The predicted molar refractivity (Wildman–Crippen MR) is 151 cm³/mol. The number of hydrogen-bond acceptors (Lipinski definition) is 4. The van der Waals surface area contributed by atoms with Gasteiger partial charge in [0, 0.05) is 16.5 Å². The number of anilines is 1. The van der Waals surface area contributed by atoms with Gasteiger partial charge in [-0.1, -0.05) is 80.6 Å². The number of aryl methyl sites for hydroxylation is 1. The van der Waals surface area contributed by atoms with Crippen LogP contribution in [0.15, 0.2) is 60.7 Å². The quantitative estimate of drug-likeness (QED) is 0.291. The molecule has 3 N–H and O–H groups in total. The molecule has 0 aliphatic heterocycles. The van der Waals surface area contributed by atoms with Crippen LogP contribution in [0.2, 0.25) is 0 Å². The Bertz CT molecular complexity index is 1410. The van der Waals surface area contributed by atoms with Crippen molar-refractivity contribution in [1.82, 2.24) is 5.32 Å². The Morgan fingerprint density at radius 3 is 2.27 bits per heavy atom. The van der Waals surface area contributed by atoms with Crippen LogP contribution in [0.1, 0.15) is 74.1 Å². The van der Waals surface area contributed by atoms with E-state index in [1.54, 1.807) is 0 Å². The van der Waals surface area contributed by atoms with Gasteiger partial charge in [-0.15, -0.1) is 0 Å². The Labute approximate surface area is 237 Å². The molecule has 5 rings (SSSR count). The minimum absolute atomic E-state index is 0.0748. The van der Waals surface area contributed by atoms with E-state index < -0.39 is 12.1 Å². The molecule has 216 valence electrons. The molecule has 2 aliphatic carbocycles. The summed E-state index contributed by atoms with van der Waals surface area (Å²) < 4.78 is 31.7. The van der Waals surface area contributed by atoms with Gasteiger partial charge in [0.05, 0.1) is 17.7 Å².